The Morgan fingerprint density at radius 3 is 2.56 bits per heavy atom. The van der Waals surface area contributed by atoms with Crippen LogP contribution in [0.15, 0.2) is 12.4 Å². The number of alkyl halides is 3. The molecular weight excluding hydrogens is 249 g/mol. The standard InChI is InChI=1S/C10H9F3N4O/c1-6-8(5-18)9(16(2)15-6)17-4-7(3-14-17)10(11,12)13/h3-5H,1-2H3. The molecular formula is C10H9F3N4O. The first-order valence-electron chi connectivity index (χ1n) is 4.95. The summed E-state index contributed by atoms with van der Waals surface area (Å²) in [5.41, 5.74) is -0.223. The van der Waals surface area contributed by atoms with Crippen LogP contribution in [-0.2, 0) is 13.2 Å². The van der Waals surface area contributed by atoms with E-state index in [2.05, 4.69) is 10.2 Å². The molecule has 0 aliphatic heterocycles. The Bertz CT molecular complexity index is 597. The van der Waals surface area contributed by atoms with Gasteiger partial charge >= 0.3 is 6.18 Å². The minimum absolute atomic E-state index is 0.206. The molecule has 2 aromatic heterocycles. The third-order valence-corrected chi connectivity index (χ3v) is 2.48. The zero-order chi connectivity index (χ0) is 13.5. The van der Waals surface area contributed by atoms with Crippen molar-refractivity contribution in [2.75, 3.05) is 0 Å². The molecule has 2 rings (SSSR count). The molecule has 0 bridgehead atoms. The summed E-state index contributed by atoms with van der Waals surface area (Å²) in [6.45, 7) is 1.60. The molecule has 0 aromatic carbocycles. The van der Waals surface area contributed by atoms with Crippen LogP contribution in [0.4, 0.5) is 13.2 Å². The van der Waals surface area contributed by atoms with Gasteiger partial charge in [0.15, 0.2) is 12.1 Å². The van der Waals surface area contributed by atoms with E-state index in [1.54, 1.807) is 6.92 Å². The molecule has 0 N–H and O–H groups in total. The highest BCUT2D eigenvalue weighted by atomic mass is 19.4. The Hall–Kier alpha value is -2.12. The lowest BCUT2D eigenvalue weighted by atomic mass is 10.2. The Morgan fingerprint density at radius 1 is 1.39 bits per heavy atom. The van der Waals surface area contributed by atoms with Crippen molar-refractivity contribution < 1.29 is 18.0 Å². The lowest BCUT2D eigenvalue weighted by molar-refractivity contribution is -0.137. The van der Waals surface area contributed by atoms with E-state index >= 15 is 0 Å². The van der Waals surface area contributed by atoms with Crippen LogP contribution in [0, 0.1) is 6.92 Å². The van der Waals surface area contributed by atoms with E-state index in [0.29, 0.717) is 18.2 Å². The predicted octanol–water partition coefficient (Wildman–Crippen LogP) is 1.75. The molecule has 0 atom stereocenters. The summed E-state index contributed by atoms with van der Waals surface area (Å²) in [6, 6.07) is 0. The molecule has 8 heteroatoms. The summed E-state index contributed by atoms with van der Waals surface area (Å²) < 4.78 is 39.7. The van der Waals surface area contributed by atoms with E-state index in [1.807, 2.05) is 0 Å². The van der Waals surface area contributed by atoms with Crippen LogP contribution >= 0.6 is 0 Å². The van der Waals surface area contributed by atoms with Crippen molar-refractivity contribution in [3.8, 4) is 5.82 Å². The first-order chi connectivity index (χ1) is 8.34. The van der Waals surface area contributed by atoms with Crippen LogP contribution in [0.1, 0.15) is 21.6 Å². The molecule has 18 heavy (non-hydrogen) atoms. The van der Waals surface area contributed by atoms with Crippen LogP contribution in [0.2, 0.25) is 0 Å². The molecule has 0 saturated heterocycles. The highest BCUT2D eigenvalue weighted by Gasteiger charge is 2.32. The SMILES string of the molecule is Cc1nn(C)c(-n2cc(C(F)(F)F)cn2)c1C=O. The summed E-state index contributed by atoms with van der Waals surface area (Å²) >= 11 is 0. The van der Waals surface area contributed by atoms with Crippen molar-refractivity contribution >= 4 is 6.29 Å². The van der Waals surface area contributed by atoms with Gasteiger partial charge in [0.05, 0.1) is 23.0 Å². The van der Waals surface area contributed by atoms with Crippen molar-refractivity contribution in [2.45, 2.75) is 13.1 Å². The van der Waals surface area contributed by atoms with Crippen LogP contribution in [0.5, 0.6) is 0 Å². The molecule has 0 unspecified atom stereocenters. The normalized spacial score (nSPS) is 11.8. The summed E-state index contributed by atoms with van der Waals surface area (Å²) in [5, 5.41) is 7.59. The molecule has 0 amide bonds. The van der Waals surface area contributed by atoms with Crippen molar-refractivity contribution in [1.29, 1.82) is 0 Å². The molecule has 0 aliphatic rings. The summed E-state index contributed by atoms with van der Waals surface area (Å²) in [7, 11) is 1.53. The molecule has 2 aromatic rings. The summed E-state index contributed by atoms with van der Waals surface area (Å²) in [6.07, 6.45) is -2.39. The average Bonchev–Trinajstić information content (AvgIpc) is 2.81. The fraction of sp³-hybridized carbons (Fsp3) is 0.300. The van der Waals surface area contributed by atoms with Crippen LogP contribution in [0.3, 0.4) is 0 Å². The number of carbonyl (C=O) groups is 1. The first-order valence-corrected chi connectivity index (χ1v) is 4.95. The number of nitrogens with zero attached hydrogens (tertiary/aromatic N) is 4. The van der Waals surface area contributed by atoms with Crippen molar-refractivity contribution in [1.82, 2.24) is 19.6 Å². The second kappa shape index (κ2) is 3.97. The highest BCUT2D eigenvalue weighted by molar-refractivity contribution is 5.81. The van der Waals surface area contributed by atoms with Gasteiger partial charge in [0.1, 0.15) is 0 Å². The van der Waals surface area contributed by atoms with E-state index in [0.717, 1.165) is 10.9 Å². The molecule has 0 aliphatic carbocycles. The van der Waals surface area contributed by atoms with Gasteiger partial charge in [-0.25, -0.2) is 4.68 Å². The number of hydrogen-bond acceptors (Lipinski definition) is 3. The smallest absolute Gasteiger partial charge is 0.298 e. The van der Waals surface area contributed by atoms with Crippen LogP contribution in [-0.4, -0.2) is 25.8 Å². The number of aryl methyl sites for hydroxylation is 2. The van der Waals surface area contributed by atoms with Crippen LogP contribution < -0.4 is 0 Å². The van der Waals surface area contributed by atoms with Gasteiger partial charge in [-0.05, 0) is 6.92 Å². The third kappa shape index (κ3) is 1.89. The fourth-order valence-electron chi connectivity index (χ4n) is 1.66. The Morgan fingerprint density at radius 2 is 2.06 bits per heavy atom. The molecule has 2 heterocycles. The maximum atomic E-state index is 12.5. The number of rotatable bonds is 2. The molecule has 0 spiro atoms. The van der Waals surface area contributed by atoms with Gasteiger partial charge in [-0.2, -0.15) is 23.4 Å². The number of halogens is 3. The Labute approximate surface area is 99.8 Å². The van der Waals surface area contributed by atoms with Gasteiger partial charge in [-0.1, -0.05) is 0 Å². The lowest BCUT2D eigenvalue weighted by Crippen LogP contribution is -2.06. The largest absolute Gasteiger partial charge is 0.419 e. The quantitative estimate of drug-likeness (QED) is 0.771. The second-order valence-electron chi connectivity index (χ2n) is 3.74. The molecule has 5 nitrogen and oxygen atoms in total. The summed E-state index contributed by atoms with van der Waals surface area (Å²) in [5.74, 6) is 0.206. The lowest BCUT2D eigenvalue weighted by Gasteiger charge is -2.03. The van der Waals surface area contributed by atoms with E-state index < -0.39 is 11.7 Å². The van der Waals surface area contributed by atoms with Gasteiger partial charge < -0.3 is 0 Å². The van der Waals surface area contributed by atoms with Crippen molar-refractivity contribution in [2.24, 2.45) is 7.05 Å². The first kappa shape index (κ1) is 12.3. The number of hydrogen-bond donors (Lipinski definition) is 0. The number of aldehydes is 1. The molecule has 0 radical (unpaired) electrons. The topological polar surface area (TPSA) is 52.7 Å². The average molecular weight is 258 g/mol. The third-order valence-electron chi connectivity index (χ3n) is 2.48. The molecule has 96 valence electrons. The Kier molecular flexibility index (Phi) is 2.72. The predicted molar refractivity (Wildman–Crippen MR) is 55.5 cm³/mol. The number of carbonyl (C=O) groups excluding carboxylic acids is 1. The van der Waals surface area contributed by atoms with Gasteiger partial charge in [0.25, 0.3) is 0 Å². The maximum Gasteiger partial charge on any atom is 0.419 e. The van der Waals surface area contributed by atoms with E-state index in [1.165, 1.54) is 11.7 Å². The fourth-order valence-corrected chi connectivity index (χ4v) is 1.66. The molecule has 0 saturated carbocycles. The van der Waals surface area contributed by atoms with Gasteiger partial charge in [0, 0.05) is 13.2 Å². The zero-order valence-electron chi connectivity index (χ0n) is 9.56. The van der Waals surface area contributed by atoms with Gasteiger partial charge in [-0.15, -0.1) is 0 Å². The van der Waals surface area contributed by atoms with Crippen molar-refractivity contribution in [3.63, 3.8) is 0 Å². The minimum atomic E-state index is -4.47. The van der Waals surface area contributed by atoms with E-state index in [-0.39, 0.29) is 11.4 Å². The van der Waals surface area contributed by atoms with E-state index in [9.17, 15) is 18.0 Å². The molecule has 0 fully saturated rings. The zero-order valence-corrected chi connectivity index (χ0v) is 9.56. The van der Waals surface area contributed by atoms with Crippen molar-refractivity contribution in [3.05, 3.63) is 29.2 Å². The van der Waals surface area contributed by atoms with Gasteiger partial charge in [-0.3, -0.25) is 9.48 Å². The maximum absolute atomic E-state index is 12.5. The van der Waals surface area contributed by atoms with Crippen LogP contribution in [0.25, 0.3) is 5.82 Å². The second-order valence-corrected chi connectivity index (χ2v) is 3.74. The Balaban J connectivity index is 2.56. The monoisotopic (exact) mass is 258 g/mol. The van der Waals surface area contributed by atoms with E-state index in [4.69, 9.17) is 0 Å². The van der Waals surface area contributed by atoms with Gasteiger partial charge in [0.2, 0.25) is 0 Å². The number of aromatic nitrogens is 4. The highest BCUT2D eigenvalue weighted by Crippen LogP contribution is 2.29. The summed E-state index contributed by atoms with van der Waals surface area (Å²) in [4.78, 5) is 10.9. The minimum Gasteiger partial charge on any atom is -0.298 e.